The van der Waals surface area contributed by atoms with Gasteiger partial charge in [-0.05, 0) is 62.9 Å². The van der Waals surface area contributed by atoms with Gasteiger partial charge in [0.15, 0.2) is 18.1 Å². The highest BCUT2D eigenvalue weighted by Gasteiger charge is 2.23. The van der Waals surface area contributed by atoms with E-state index < -0.39 is 12.6 Å². The smallest absolute Gasteiger partial charge is 0.341 e. The molecule has 1 aliphatic rings. The van der Waals surface area contributed by atoms with Crippen LogP contribution in [-0.4, -0.2) is 40.7 Å². The largest absolute Gasteiger partial charge is 0.493 e. The zero-order valence-electron chi connectivity index (χ0n) is 18.5. The molecule has 178 valence electrons. The number of halogens is 2. The van der Waals surface area contributed by atoms with E-state index in [-0.39, 0.29) is 17.2 Å². The second-order valence-electron chi connectivity index (χ2n) is 7.99. The van der Waals surface area contributed by atoms with E-state index in [1.165, 1.54) is 18.2 Å². The first-order chi connectivity index (χ1) is 16.4. The lowest BCUT2D eigenvalue weighted by Gasteiger charge is -2.22. The Labute approximate surface area is 212 Å². The molecule has 1 heterocycles. The summed E-state index contributed by atoms with van der Waals surface area (Å²) in [6.45, 7) is -0.516. The second kappa shape index (κ2) is 10.7. The first-order valence-corrected chi connectivity index (χ1v) is 12.5. The average Bonchev–Trinajstić information content (AvgIpc) is 2.85. The van der Waals surface area contributed by atoms with Gasteiger partial charge in [-0.1, -0.05) is 31.4 Å². The molecule has 1 fully saturated rings. The number of nitrogens with zero attached hydrogens (tertiary/aromatic N) is 3. The van der Waals surface area contributed by atoms with Crippen LogP contribution in [-0.2, 0) is 4.79 Å². The fraction of sp³-hybridized carbons (Fsp3) is 0.333. The Kier molecular flexibility index (Phi) is 7.67. The lowest BCUT2D eigenvalue weighted by atomic mass is 9.88. The number of benzene rings is 2. The molecule has 8 nitrogen and oxygen atoms in total. The van der Waals surface area contributed by atoms with Crippen molar-refractivity contribution in [3.63, 3.8) is 0 Å². The fourth-order valence-electron chi connectivity index (χ4n) is 4.12. The van der Waals surface area contributed by atoms with Crippen LogP contribution in [0.3, 0.4) is 0 Å². The molecule has 0 saturated heterocycles. The van der Waals surface area contributed by atoms with Crippen LogP contribution in [0.4, 0.5) is 0 Å². The van der Waals surface area contributed by atoms with Gasteiger partial charge in [0.1, 0.15) is 5.82 Å². The Morgan fingerprint density at radius 2 is 1.97 bits per heavy atom. The lowest BCUT2D eigenvalue weighted by Crippen LogP contribution is -2.25. The molecular formula is C24H23Br2N3O5. The fourth-order valence-corrected chi connectivity index (χ4v) is 5.05. The maximum absolute atomic E-state index is 13.4. The third kappa shape index (κ3) is 5.02. The molecule has 0 atom stereocenters. The van der Waals surface area contributed by atoms with E-state index in [4.69, 9.17) is 19.6 Å². The maximum Gasteiger partial charge on any atom is 0.341 e. The maximum atomic E-state index is 13.4. The number of ether oxygens (including phenoxy) is 2. The Morgan fingerprint density at radius 1 is 1.24 bits per heavy atom. The van der Waals surface area contributed by atoms with Gasteiger partial charge in [0.25, 0.3) is 5.56 Å². The number of aromatic nitrogens is 2. The van der Waals surface area contributed by atoms with Crippen molar-refractivity contribution in [3.8, 4) is 11.5 Å². The molecule has 34 heavy (non-hydrogen) atoms. The van der Waals surface area contributed by atoms with Gasteiger partial charge in [-0.3, -0.25) is 4.79 Å². The quantitative estimate of drug-likeness (QED) is 0.372. The second-order valence-corrected chi connectivity index (χ2v) is 9.58. The van der Waals surface area contributed by atoms with Gasteiger partial charge in [0, 0.05) is 16.0 Å². The molecule has 1 aliphatic carbocycles. The molecule has 3 aromatic rings. The third-order valence-corrected chi connectivity index (χ3v) is 7.92. The predicted octanol–water partition coefficient (Wildman–Crippen LogP) is 5.32. The first-order valence-electron chi connectivity index (χ1n) is 10.9. The predicted molar refractivity (Wildman–Crippen MR) is 136 cm³/mol. The minimum absolute atomic E-state index is 0.166. The van der Waals surface area contributed by atoms with Gasteiger partial charge < -0.3 is 14.6 Å². The summed E-state index contributed by atoms with van der Waals surface area (Å²) in [5, 5.41) is 14.0. The minimum Gasteiger partial charge on any atom is -0.493 e. The number of carboxylic acids is 1. The summed E-state index contributed by atoms with van der Waals surface area (Å²) in [7, 11) is 1.46. The highest BCUT2D eigenvalue weighted by atomic mass is 79.9. The normalized spacial score (nSPS) is 14.6. The summed E-state index contributed by atoms with van der Waals surface area (Å²) in [5.41, 5.74) is 1.07. The number of hydrogen-bond donors (Lipinski definition) is 1. The van der Waals surface area contributed by atoms with E-state index in [9.17, 15) is 9.59 Å². The van der Waals surface area contributed by atoms with Crippen LogP contribution in [0.5, 0.6) is 11.5 Å². The molecule has 0 aliphatic heterocycles. The summed E-state index contributed by atoms with van der Waals surface area (Å²) in [4.78, 5) is 29.1. The van der Waals surface area contributed by atoms with Crippen LogP contribution < -0.4 is 15.0 Å². The molecule has 0 radical (unpaired) electrons. The lowest BCUT2D eigenvalue weighted by molar-refractivity contribution is -0.139. The summed E-state index contributed by atoms with van der Waals surface area (Å²) < 4.78 is 13.2. The number of hydrogen-bond acceptors (Lipinski definition) is 6. The van der Waals surface area contributed by atoms with E-state index >= 15 is 0 Å². The van der Waals surface area contributed by atoms with E-state index in [1.807, 2.05) is 18.2 Å². The molecule has 4 rings (SSSR count). The van der Waals surface area contributed by atoms with Crippen LogP contribution in [0.2, 0.25) is 0 Å². The van der Waals surface area contributed by atoms with Crippen molar-refractivity contribution < 1.29 is 19.4 Å². The highest BCUT2D eigenvalue weighted by molar-refractivity contribution is 9.13. The van der Waals surface area contributed by atoms with Gasteiger partial charge in [-0.25, -0.2) is 9.78 Å². The van der Waals surface area contributed by atoms with Gasteiger partial charge >= 0.3 is 5.97 Å². The molecule has 0 amide bonds. The van der Waals surface area contributed by atoms with Crippen LogP contribution >= 0.6 is 31.9 Å². The summed E-state index contributed by atoms with van der Waals surface area (Å²) >= 11 is 6.94. The number of para-hydroxylation sites is 1. The zero-order valence-corrected chi connectivity index (χ0v) is 21.6. The molecule has 0 spiro atoms. The number of fused-ring (bicyclic) bond motifs is 1. The zero-order chi connectivity index (χ0) is 24.2. The Bertz CT molecular complexity index is 1320. The number of aliphatic carboxylic acids is 1. The van der Waals surface area contributed by atoms with Crippen molar-refractivity contribution in [2.24, 2.45) is 5.10 Å². The molecule has 1 aromatic heterocycles. The van der Waals surface area contributed by atoms with E-state index in [0.717, 1.165) is 25.7 Å². The van der Waals surface area contributed by atoms with E-state index in [2.05, 4.69) is 37.0 Å². The topological polar surface area (TPSA) is 103 Å². The first kappa shape index (κ1) is 24.4. The van der Waals surface area contributed by atoms with Gasteiger partial charge in [0.2, 0.25) is 0 Å². The third-order valence-electron chi connectivity index (χ3n) is 5.78. The Morgan fingerprint density at radius 3 is 2.68 bits per heavy atom. The van der Waals surface area contributed by atoms with Crippen molar-refractivity contribution in [2.45, 2.75) is 38.0 Å². The van der Waals surface area contributed by atoms with Crippen molar-refractivity contribution in [1.82, 2.24) is 9.66 Å². The molecule has 0 unspecified atom stereocenters. The van der Waals surface area contributed by atoms with Crippen LogP contribution in [0, 0.1) is 0 Å². The number of carbonyl (C=O) groups is 1. The van der Waals surface area contributed by atoms with Crippen LogP contribution in [0.1, 0.15) is 49.4 Å². The molecule has 0 bridgehead atoms. The van der Waals surface area contributed by atoms with Crippen LogP contribution in [0.15, 0.2) is 49.2 Å². The van der Waals surface area contributed by atoms with Crippen molar-refractivity contribution in [2.75, 3.05) is 13.7 Å². The van der Waals surface area contributed by atoms with Crippen molar-refractivity contribution in [1.29, 1.82) is 0 Å². The van der Waals surface area contributed by atoms with Gasteiger partial charge in [-0.2, -0.15) is 9.78 Å². The monoisotopic (exact) mass is 591 g/mol. The van der Waals surface area contributed by atoms with E-state index in [0.29, 0.717) is 37.0 Å². The standard InChI is InChI=1S/C24H23Br2N3O5/c1-33-18-11-15(20(25)21(26)22(18)34-13-19(30)31)12-27-29-23(14-7-3-2-4-8-14)28-17-10-6-5-9-16(17)24(29)32/h5-6,9-12,14H,2-4,7-8,13H2,1H3,(H,30,31). The Hall–Kier alpha value is -2.72. The number of rotatable bonds is 7. The van der Waals surface area contributed by atoms with Crippen molar-refractivity contribution >= 4 is 54.9 Å². The molecule has 2 aromatic carbocycles. The minimum atomic E-state index is -1.10. The highest BCUT2D eigenvalue weighted by Crippen LogP contribution is 2.42. The molecule has 1 saturated carbocycles. The molecular weight excluding hydrogens is 570 g/mol. The van der Waals surface area contributed by atoms with Gasteiger partial charge in [-0.15, -0.1) is 0 Å². The van der Waals surface area contributed by atoms with E-state index in [1.54, 1.807) is 18.3 Å². The summed E-state index contributed by atoms with van der Waals surface area (Å²) in [5.74, 6) is 0.313. The molecule has 10 heteroatoms. The number of carboxylic acid groups (broad SMARTS) is 1. The van der Waals surface area contributed by atoms with Gasteiger partial charge in [0.05, 0.1) is 28.7 Å². The van der Waals surface area contributed by atoms with Crippen LogP contribution in [0.25, 0.3) is 10.9 Å². The number of methoxy groups -OCH3 is 1. The van der Waals surface area contributed by atoms with Crippen molar-refractivity contribution in [3.05, 3.63) is 61.0 Å². The SMILES string of the molecule is COc1cc(C=Nn2c(C3CCCCC3)nc3ccccc3c2=O)c(Br)c(Br)c1OCC(=O)O. The summed E-state index contributed by atoms with van der Waals surface area (Å²) in [6, 6.07) is 8.96. The molecule has 1 N–H and O–H groups in total. The average molecular weight is 593 g/mol. The summed E-state index contributed by atoms with van der Waals surface area (Å²) in [6.07, 6.45) is 6.89. The Balaban J connectivity index is 1.80.